The molecule has 0 N–H and O–H groups in total. The van der Waals surface area contributed by atoms with Crippen molar-refractivity contribution >= 4 is 22.7 Å². The Bertz CT molecular complexity index is 738. The van der Waals surface area contributed by atoms with Crippen LogP contribution in [0.3, 0.4) is 0 Å². The summed E-state index contributed by atoms with van der Waals surface area (Å²) in [6.07, 6.45) is 6.02. The summed E-state index contributed by atoms with van der Waals surface area (Å²) >= 11 is 0. The molecule has 0 bridgehead atoms. The molecule has 0 spiro atoms. The van der Waals surface area contributed by atoms with Gasteiger partial charge in [-0.05, 0) is 35.0 Å². The summed E-state index contributed by atoms with van der Waals surface area (Å²) in [6.45, 7) is 3.33. The predicted molar refractivity (Wildman–Crippen MR) is 74.2 cm³/mol. The van der Waals surface area contributed by atoms with Crippen molar-refractivity contribution in [1.82, 2.24) is 0 Å². The molecule has 0 saturated carbocycles. The molecule has 2 rings (SSSR count). The van der Waals surface area contributed by atoms with Gasteiger partial charge in [0.25, 0.3) is 0 Å². The minimum atomic E-state index is -0.749. The second-order valence-corrected chi connectivity index (χ2v) is 3.83. The predicted octanol–water partition coefficient (Wildman–Crippen LogP) is 2.47. The van der Waals surface area contributed by atoms with Gasteiger partial charge in [0.2, 0.25) is 0 Å². The number of esters is 2. The quantitative estimate of drug-likeness (QED) is 0.281. The molecule has 20 heavy (non-hydrogen) atoms. The van der Waals surface area contributed by atoms with Gasteiger partial charge in [0.15, 0.2) is 0 Å². The summed E-state index contributed by atoms with van der Waals surface area (Å²) in [5.74, 6) is 1.37. The molecular weight excluding hydrogens is 256 g/mol. The Kier molecular flexibility index (Phi) is 3.82. The highest BCUT2D eigenvalue weighted by Crippen LogP contribution is 2.25. The van der Waals surface area contributed by atoms with Crippen molar-refractivity contribution in [3.05, 3.63) is 49.1 Å². The lowest BCUT2D eigenvalue weighted by Gasteiger charge is -2.05. The molecule has 0 saturated heterocycles. The highest BCUT2D eigenvalue weighted by atomic mass is 16.5. The molecule has 0 amide bonds. The highest BCUT2D eigenvalue weighted by molar-refractivity contribution is 5.91. The highest BCUT2D eigenvalue weighted by Gasteiger charge is 2.04. The second-order valence-electron chi connectivity index (χ2n) is 3.83. The van der Waals surface area contributed by atoms with Gasteiger partial charge >= 0.3 is 11.9 Å². The number of hydrogen-bond donors (Lipinski definition) is 0. The first-order chi connectivity index (χ1) is 9.62. The molecule has 2 aromatic rings. The topological polar surface area (TPSA) is 52.6 Å². The Hall–Kier alpha value is -3.06. The average molecular weight is 266 g/mol. The lowest BCUT2D eigenvalue weighted by molar-refractivity contribution is -0.129. The first kappa shape index (κ1) is 13.4. The van der Waals surface area contributed by atoms with Gasteiger partial charge in [-0.1, -0.05) is 18.7 Å². The van der Waals surface area contributed by atoms with Crippen molar-refractivity contribution in [3.63, 3.8) is 0 Å². The second kappa shape index (κ2) is 5.72. The maximum atomic E-state index is 11.1. The van der Waals surface area contributed by atoms with E-state index in [2.05, 4.69) is 6.58 Å². The largest absolute Gasteiger partial charge is 0.423 e. The molecule has 4 heteroatoms. The van der Waals surface area contributed by atoms with Crippen LogP contribution in [0, 0.1) is 12.3 Å². The lowest BCUT2D eigenvalue weighted by Crippen LogP contribution is -2.04. The first-order valence-electron chi connectivity index (χ1n) is 5.69. The van der Waals surface area contributed by atoms with Gasteiger partial charge in [0.1, 0.15) is 11.5 Å². The molecule has 0 fully saturated rings. The van der Waals surface area contributed by atoms with Crippen molar-refractivity contribution < 1.29 is 19.1 Å². The summed E-state index contributed by atoms with van der Waals surface area (Å²) in [5, 5.41) is 1.66. The number of carbonyl (C=O) groups is 2. The van der Waals surface area contributed by atoms with Gasteiger partial charge in [-0.3, -0.25) is 0 Å². The van der Waals surface area contributed by atoms with E-state index in [0.717, 1.165) is 16.8 Å². The number of hydrogen-bond acceptors (Lipinski definition) is 4. The maximum Gasteiger partial charge on any atom is 0.389 e. The van der Waals surface area contributed by atoms with Gasteiger partial charge in [0.05, 0.1) is 0 Å². The number of rotatable bonds is 3. The van der Waals surface area contributed by atoms with Crippen LogP contribution in [-0.4, -0.2) is 11.9 Å². The molecular formula is C16H10O4. The fourth-order valence-corrected chi connectivity index (χ4v) is 1.62. The van der Waals surface area contributed by atoms with E-state index >= 15 is 0 Å². The molecule has 4 nitrogen and oxygen atoms in total. The zero-order valence-electron chi connectivity index (χ0n) is 10.5. The van der Waals surface area contributed by atoms with E-state index in [1.807, 2.05) is 5.92 Å². The van der Waals surface area contributed by atoms with Crippen LogP contribution < -0.4 is 9.47 Å². The maximum absolute atomic E-state index is 11.1. The minimum absolute atomic E-state index is 0.358. The molecule has 98 valence electrons. The van der Waals surface area contributed by atoms with E-state index in [1.165, 1.54) is 0 Å². The Balaban J connectivity index is 2.30. The average Bonchev–Trinajstić information content (AvgIpc) is 2.47. The van der Waals surface area contributed by atoms with E-state index in [9.17, 15) is 9.59 Å². The summed E-state index contributed by atoms with van der Waals surface area (Å²) in [5.41, 5.74) is 0. The smallest absolute Gasteiger partial charge is 0.389 e. The molecule has 0 heterocycles. The summed E-state index contributed by atoms with van der Waals surface area (Å²) < 4.78 is 9.93. The van der Waals surface area contributed by atoms with Crippen LogP contribution in [0.25, 0.3) is 10.8 Å². The fraction of sp³-hybridized carbons (Fsp3) is 0. The van der Waals surface area contributed by atoms with Crippen LogP contribution in [0.2, 0.25) is 0 Å². The first-order valence-corrected chi connectivity index (χ1v) is 5.69. The molecule has 0 aliphatic heterocycles. The van der Waals surface area contributed by atoms with Gasteiger partial charge < -0.3 is 9.47 Å². The number of ether oxygens (including phenoxy) is 2. The molecule has 0 aliphatic carbocycles. The monoisotopic (exact) mass is 266 g/mol. The van der Waals surface area contributed by atoms with Crippen molar-refractivity contribution in [3.8, 4) is 23.8 Å². The van der Waals surface area contributed by atoms with Crippen molar-refractivity contribution in [2.75, 3.05) is 0 Å². The van der Waals surface area contributed by atoms with Crippen molar-refractivity contribution in [1.29, 1.82) is 0 Å². The minimum Gasteiger partial charge on any atom is -0.423 e. The van der Waals surface area contributed by atoms with Gasteiger partial charge in [-0.15, -0.1) is 6.42 Å². The van der Waals surface area contributed by atoms with Gasteiger partial charge in [0, 0.05) is 12.0 Å². The summed E-state index contributed by atoms with van der Waals surface area (Å²) in [4.78, 5) is 22.1. The molecule has 0 atom stereocenters. The lowest BCUT2D eigenvalue weighted by atomic mass is 10.1. The van der Waals surface area contributed by atoms with Crippen LogP contribution in [0.1, 0.15) is 0 Å². The number of terminal acetylenes is 1. The van der Waals surface area contributed by atoms with E-state index in [4.69, 9.17) is 15.9 Å². The van der Waals surface area contributed by atoms with Gasteiger partial charge in [-0.2, -0.15) is 0 Å². The van der Waals surface area contributed by atoms with Crippen molar-refractivity contribution in [2.24, 2.45) is 0 Å². The van der Waals surface area contributed by atoms with Crippen molar-refractivity contribution in [2.45, 2.75) is 0 Å². The summed E-state index contributed by atoms with van der Waals surface area (Å²) in [6, 6.07) is 10.1. The van der Waals surface area contributed by atoms with Crippen LogP contribution in [0.4, 0.5) is 0 Å². The normalized spacial score (nSPS) is 9.55. The SMILES string of the molecule is C#CC(=O)Oc1ccc2cc(OC(=O)C=C)ccc2c1. The Morgan fingerprint density at radius 3 is 2.10 bits per heavy atom. The van der Waals surface area contributed by atoms with Crippen LogP contribution >= 0.6 is 0 Å². The standard InChI is InChI=1S/C16H10O4/c1-3-15(17)19-13-7-5-12-10-14(20-16(18)4-2)8-6-11(12)9-13/h1,4-10H,2H2. The zero-order valence-corrected chi connectivity index (χ0v) is 10.5. The third-order valence-electron chi connectivity index (χ3n) is 2.50. The van der Waals surface area contributed by atoms with Crippen LogP contribution in [0.5, 0.6) is 11.5 Å². The number of benzene rings is 2. The molecule has 0 aliphatic rings. The third kappa shape index (κ3) is 3.03. The molecule has 0 radical (unpaired) electrons. The molecule has 2 aromatic carbocycles. The van der Waals surface area contributed by atoms with E-state index in [1.54, 1.807) is 36.4 Å². The number of carbonyl (C=O) groups excluding carboxylic acids is 2. The molecule has 0 aromatic heterocycles. The molecule has 0 unspecified atom stereocenters. The van der Waals surface area contributed by atoms with E-state index < -0.39 is 11.9 Å². The Morgan fingerprint density at radius 1 is 1.05 bits per heavy atom. The summed E-state index contributed by atoms with van der Waals surface area (Å²) in [7, 11) is 0. The van der Waals surface area contributed by atoms with Crippen LogP contribution in [0.15, 0.2) is 49.1 Å². The number of fused-ring (bicyclic) bond motifs is 1. The zero-order chi connectivity index (χ0) is 14.5. The third-order valence-corrected chi connectivity index (χ3v) is 2.50. The van der Waals surface area contributed by atoms with E-state index in [-0.39, 0.29) is 0 Å². The Morgan fingerprint density at radius 2 is 1.60 bits per heavy atom. The Labute approximate surface area is 115 Å². The van der Waals surface area contributed by atoms with E-state index in [0.29, 0.717) is 11.5 Å². The van der Waals surface area contributed by atoms with Gasteiger partial charge in [-0.25, -0.2) is 9.59 Å². The van der Waals surface area contributed by atoms with Crippen LogP contribution in [-0.2, 0) is 9.59 Å². The fourth-order valence-electron chi connectivity index (χ4n) is 1.62.